The third-order valence-electron chi connectivity index (χ3n) is 1.61. The second-order valence-electron chi connectivity index (χ2n) is 3.06. The van der Waals surface area contributed by atoms with Crippen molar-refractivity contribution in [2.75, 3.05) is 13.2 Å². The molecule has 0 bridgehead atoms. The molecule has 0 spiro atoms. The van der Waals surface area contributed by atoms with Crippen LogP contribution >= 0.6 is 0 Å². The third-order valence-corrected chi connectivity index (χ3v) is 1.61. The van der Waals surface area contributed by atoms with E-state index >= 15 is 0 Å². The summed E-state index contributed by atoms with van der Waals surface area (Å²) in [6, 6.07) is -0.337. The van der Waals surface area contributed by atoms with Crippen molar-refractivity contribution in [1.29, 1.82) is 0 Å². The molecule has 0 aliphatic rings. The molecule has 0 saturated heterocycles. The minimum atomic E-state index is -4.50. The maximum atomic E-state index is 11.7. The van der Waals surface area contributed by atoms with Crippen molar-refractivity contribution in [2.45, 2.75) is 45.8 Å². The van der Waals surface area contributed by atoms with Crippen molar-refractivity contribution in [2.24, 2.45) is 5.73 Å². The maximum absolute atomic E-state index is 11.7. The number of halogens is 3. The number of rotatable bonds is 5. The Balaban J connectivity index is 0. The standard InChI is InChI=1S/C8H15F3N2O2.C2H6/c1-2-3-6(4-12)13-7(14)15-5-8(9,10)11;1-2/h6H,2-5,12H2,1H3,(H,13,14);1-2H3. The van der Waals surface area contributed by atoms with Gasteiger partial charge >= 0.3 is 12.3 Å². The minimum absolute atomic E-state index is 0.176. The van der Waals surface area contributed by atoms with Crippen LogP contribution in [0.5, 0.6) is 0 Å². The quantitative estimate of drug-likeness (QED) is 0.796. The number of hydrogen-bond acceptors (Lipinski definition) is 3. The molecule has 1 unspecified atom stereocenters. The molecule has 104 valence electrons. The lowest BCUT2D eigenvalue weighted by molar-refractivity contribution is -0.160. The number of carbonyl (C=O) groups is 1. The van der Waals surface area contributed by atoms with E-state index in [1.54, 1.807) is 0 Å². The second-order valence-corrected chi connectivity index (χ2v) is 3.06. The summed E-state index contributed by atoms with van der Waals surface area (Å²) in [6.45, 7) is 4.47. The topological polar surface area (TPSA) is 64.3 Å². The molecule has 0 aromatic rings. The minimum Gasteiger partial charge on any atom is -0.440 e. The van der Waals surface area contributed by atoms with E-state index in [-0.39, 0.29) is 12.6 Å². The lowest BCUT2D eigenvalue weighted by Crippen LogP contribution is -2.41. The smallest absolute Gasteiger partial charge is 0.422 e. The van der Waals surface area contributed by atoms with Crippen LogP contribution in [0.25, 0.3) is 0 Å². The van der Waals surface area contributed by atoms with Crippen LogP contribution in [-0.2, 0) is 4.74 Å². The average molecular weight is 258 g/mol. The summed E-state index contributed by atoms with van der Waals surface area (Å²) in [7, 11) is 0. The van der Waals surface area contributed by atoms with Gasteiger partial charge in [0.25, 0.3) is 0 Å². The molecule has 0 saturated carbocycles. The van der Waals surface area contributed by atoms with E-state index < -0.39 is 18.9 Å². The van der Waals surface area contributed by atoms with Gasteiger partial charge in [-0.25, -0.2) is 4.79 Å². The number of alkyl halides is 3. The fourth-order valence-corrected chi connectivity index (χ4v) is 0.953. The predicted octanol–water partition coefficient (Wildman–Crippen LogP) is 2.43. The van der Waals surface area contributed by atoms with Gasteiger partial charge in [-0.1, -0.05) is 27.2 Å². The second kappa shape index (κ2) is 10.2. The monoisotopic (exact) mass is 258 g/mol. The van der Waals surface area contributed by atoms with E-state index in [9.17, 15) is 18.0 Å². The molecular formula is C10H21F3N2O2. The number of nitrogens with two attached hydrogens (primary N) is 1. The molecule has 4 nitrogen and oxygen atoms in total. The zero-order valence-electron chi connectivity index (χ0n) is 10.4. The molecule has 7 heteroatoms. The van der Waals surface area contributed by atoms with E-state index in [0.29, 0.717) is 6.42 Å². The fraction of sp³-hybridized carbons (Fsp3) is 0.900. The Labute approximate surface area is 99.7 Å². The number of amides is 1. The summed E-state index contributed by atoms with van der Waals surface area (Å²) in [5.74, 6) is 0. The van der Waals surface area contributed by atoms with Crippen LogP contribution < -0.4 is 11.1 Å². The van der Waals surface area contributed by atoms with Crippen molar-refractivity contribution >= 4 is 6.09 Å². The van der Waals surface area contributed by atoms with Gasteiger partial charge in [-0.05, 0) is 6.42 Å². The summed E-state index contributed by atoms with van der Waals surface area (Å²) in [4.78, 5) is 10.8. The van der Waals surface area contributed by atoms with Gasteiger partial charge in [0.1, 0.15) is 0 Å². The normalized spacial score (nSPS) is 12.2. The van der Waals surface area contributed by atoms with Gasteiger partial charge in [0, 0.05) is 12.6 Å². The first-order chi connectivity index (χ1) is 7.89. The number of alkyl carbamates (subject to hydrolysis) is 1. The number of carbonyl (C=O) groups excluding carboxylic acids is 1. The van der Waals surface area contributed by atoms with Crippen molar-refractivity contribution in [3.05, 3.63) is 0 Å². The first-order valence-electron chi connectivity index (χ1n) is 5.59. The maximum Gasteiger partial charge on any atom is 0.422 e. The Morgan fingerprint density at radius 3 is 2.29 bits per heavy atom. The number of ether oxygens (including phenoxy) is 1. The number of nitrogens with one attached hydrogen (secondary N) is 1. The van der Waals surface area contributed by atoms with Crippen LogP contribution in [-0.4, -0.2) is 31.5 Å². The van der Waals surface area contributed by atoms with Crippen LogP contribution in [0, 0.1) is 0 Å². The highest BCUT2D eigenvalue weighted by molar-refractivity contribution is 5.67. The van der Waals surface area contributed by atoms with Crippen LogP contribution in [0.15, 0.2) is 0 Å². The Hall–Kier alpha value is -0.980. The van der Waals surface area contributed by atoms with Crippen molar-refractivity contribution in [1.82, 2.24) is 5.32 Å². The number of hydrogen-bond donors (Lipinski definition) is 2. The van der Waals surface area contributed by atoms with Gasteiger partial charge in [0.2, 0.25) is 0 Å². The predicted molar refractivity (Wildman–Crippen MR) is 59.6 cm³/mol. The highest BCUT2D eigenvalue weighted by Crippen LogP contribution is 2.14. The molecule has 0 radical (unpaired) electrons. The Morgan fingerprint density at radius 1 is 1.41 bits per heavy atom. The van der Waals surface area contributed by atoms with E-state index in [4.69, 9.17) is 5.73 Å². The molecule has 0 fully saturated rings. The van der Waals surface area contributed by atoms with E-state index in [1.165, 1.54) is 0 Å². The highest BCUT2D eigenvalue weighted by atomic mass is 19.4. The molecule has 0 aliphatic heterocycles. The summed E-state index contributed by atoms with van der Waals surface area (Å²) >= 11 is 0. The Kier molecular flexibility index (Phi) is 11.0. The molecule has 3 N–H and O–H groups in total. The summed E-state index contributed by atoms with van der Waals surface area (Å²) in [5.41, 5.74) is 5.30. The van der Waals surface area contributed by atoms with Crippen molar-refractivity contribution in [3.63, 3.8) is 0 Å². The Morgan fingerprint density at radius 2 is 1.94 bits per heavy atom. The van der Waals surface area contributed by atoms with Gasteiger partial charge in [0.15, 0.2) is 6.61 Å². The molecule has 0 aliphatic carbocycles. The van der Waals surface area contributed by atoms with Crippen molar-refractivity contribution < 1.29 is 22.7 Å². The summed E-state index contributed by atoms with van der Waals surface area (Å²) in [6.07, 6.45) is -4.20. The van der Waals surface area contributed by atoms with Crippen LogP contribution in [0.4, 0.5) is 18.0 Å². The van der Waals surface area contributed by atoms with Crippen LogP contribution in [0.2, 0.25) is 0 Å². The van der Waals surface area contributed by atoms with E-state index in [1.807, 2.05) is 20.8 Å². The molecule has 0 aromatic heterocycles. The van der Waals surface area contributed by atoms with E-state index in [2.05, 4.69) is 10.1 Å². The van der Waals surface area contributed by atoms with Crippen molar-refractivity contribution in [3.8, 4) is 0 Å². The Bertz CT molecular complexity index is 198. The summed E-state index contributed by atoms with van der Waals surface area (Å²) in [5, 5.41) is 2.25. The SMILES string of the molecule is CC.CCCC(CN)NC(=O)OCC(F)(F)F. The molecule has 0 heterocycles. The molecule has 1 amide bonds. The van der Waals surface area contributed by atoms with Gasteiger partial charge in [-0.3, -0.25) is 0 Å². The first kappa shape index (κ1) is 18.4. The lowest BCUT2D eigenvalue weighted by Gasteiger charge is -2.16. The van der Waals surface area contributed by atoms with Crippen LogP contribution in [0.1, 0.15) is 33.6 Å². The van der Waals surface area contributed by atoms with E-state index in [0.717, 1.165) is 6.42 Å². The van der Waals surface area contributed by atoms with Crippen LogP contribution in [0.3, 0.4) is 0 Å². The largest absolute Gasteiger partial charge is 0.440 e. The molecule has 1 atom stereocenters. The fourth-order valence-electron chi connectivity index (χ4n) is 0.953. The zero-order chi connectivity index (χ0) is 13.9. The van der Waals surface area contributed by atoms with Gasteiger partial charge < -0.3 is 15.8 Å². The third kappa shape index (κ3) is 13.0. The average Bonchev–Trinajstić information content (AvgIpc) is 2.27. The highest BCUT2D eigenvalue weighted by Gasteiger charge is 2.29. The molecule has 17 heavy (non-hydrogen) atoms. The lowest BCUT2D eigenvalue weighted by atomic mass is 10.2. The van der Waals surface area contributed by atoms with Gasteiger partial charge in [-0.2, -0.15) is 13.2 Å². The van der Waals surface area contributed by atoms with Gasteiger partial charge in [0.05, 0.1) is 0 Å². The molecule has 0 rings (SSSR count). The molecular weight excluding hydrogens is 237 g/mol. The zero-order valence-corrected chi connectivity index (χ0v) is 10.4. The van der Waals surface area contributed by atoms with Gasteiger partial charge in [-0.15, -0.1) is 0 Å². The molecule has 0 aromatic carbocycles. The first-order valence-corrected chi connectivity index (χ1v) is 5.59. The summed E-state index contributed by atoms with van der Waals surface area (Å²) < 4.78 is 38.9.